The number of rotatable bonds is 6. The molecule has 3 heteroatoms. The minimum Gasteiger partial charge on any atom is -0.497 e. The second-order valence-corrected chi connectivity index (χ2v) is 3.44. The molecule has 3 nitrogen and oxygen atoms in total. The third-order valence-corrected chi connectivity index (χ3v) is 2.40. The number of methoxy groups -OCH3 is 1. The van der Waals surface area contributed by atoms with Gasteiger partial charge in [-0.05, 0) is 24.2 Å². The van der Waals surface area contributed by atoms with Crippen molar-refractivity contribution in [3.8, 4) is 5.75 Å². The Hall–Kier alpha value is -1.06. The zero-order chi connectivity index (χ0) is 11.1. The maximum atomic E-state index is 8.88. The van der Waals surface area contributed by atoms with E-state index < -0.39 is 0 Å². The van der Waals surface area contributed by atoms with Crippen LogP contribution in [-0.4, -0.2) is 36.8 Å². The largest absolute Gasteiger partial charge is 0.497 e. The molecule has 84 valence electrons. The lowest BCUT2D eigenvalue weighted by atomic mass is 10.2. The van der Waals surface area contributed by atoms with Gasteiger partial charge < -0.3 is 9.84 Å². The molecular weight excluding hydrogens is 190 g/mol. The standard InChI is InChI=1S/C12H19NO2/c1-3-13(7-8-14)10-11-5-4-6-12(9-11)15-2/h4-6,9,14H,3,7-8,10H2,1-2H3. The molecule has 0 fully saturated rings. The molecule has 0 spiro atoms. The topological polar surface area (TPSA) is 32.7 Å². The van der Waals surface area contributed by atoms with E-state index in [-0.39, 0.29) is 6.61 Å². The smallest absolute Gasteiger partial charge is 0.119 e. The fourth-order valence-corrected chi connectivity index (χ4v) is 1.52. The number of aliphatic hydroxyl groups excluding tert-OH is 1. The van der Waals surface area contributed by atoms with Crippen molar-refractivity contribution in [2.45, 2.75) is 13.5 Å². The zero-order valence-corrected chi connectivity index (χ0v) is 9.44. The number of hydrogen-bond acceptors (Lipinski definition) is 3. The molecule has 0 radical (unpaired) electrons. The van der Waals surface area contributed by atoms with Gasteiger partial charge in [0.1, 0.15) is 5.75 Å². The SMILES string of the molecule is CCN(CCO)Cc1cccc(OC)c1. The Morgan fingerprint density at radius 2 is 2.20 bits per heavy atom. The van der Waals surface area contributed by atoms with Crippen LogP contribution in [0.3, 0.4) is 0 Å². The summed E-state index contributed by atoms with van der Waals surface area (Å²) in [5.74, 6) is 0.882. The summed E-state index contributed by atoms with van der Waals surface area (Å²) >= 11 is 0. The van der Waals surface area contributed by atoms with Gasteiger partial charge in [-0.3, -0.25) is 4.90 Å². The molecular formula is C12H19NO2. The first-order chi connectivity index (χ1) is 7.30. The van der Waals surface area contributed by atoms with Crippen molar-refractivity contribution in [1.29, 1.82) is 0 Å². The maximum absolute atomic E-state index is 8.88. The Balaban J connectivity index is 2.61. The van der Waals surface area contributed by atoms with Crippen molar-refractivity contribution in [2.24, 2.45) is 0 Å². The van der Waals surface area contributed by atoms with E-state index in [2.05, 4.69) is 17.9 Å². The van der Waals surface area contributed by atoms with Gasteiger partial charge in [0.2, 0.25) is 0 Å². The van der Waals surface area contributed by atoms with E-state index in [9.17, 15) is 0 Å². The first-order valence-electron chi connectivity index (χ1n) is 5.26. The van der Waals surface area contributed by atoms with Crippen LogP contribution in [0.4, 0.5) is 0 Å². The second kappa shape index (κ2) is 6.43. The molecule has 1 aromatic carbocycles. The lowest BCUT2D eigenvalue weighted by Gasteiger charge is -2.19. The molecule has 0 aromatic heterocycles. The molecule has 1 N–H and O–H groups in total. The molecule has 0 aliphatic rings. The third-order valence-electron chi connectivity index (χ3n) is 2.40. The van der Waals surface area contributed by atoms with Crippen LogP contribution in [0.2, 0.25) is 0 Å². The highest BCUT2D eigenvalue weighted by Gasteiger charge is 2.03. The van der Waals surface area contributed by atoms with Gasteiger partial charge >= 0.3 is 0 Å². The average molecular weight is 209 g/mol. The van der Waals surface area contributed by atoms with Crippen molar-refractivity contribution in [3.63, 3.8) is 0 Å². The van der Waals surface area contributed by atoms with Gasteiger partial charge in [0.15, 0.2) is 0 Å². The Kier molecular flexibility index (Phi) is 5.15. The van der Waals surface area contributed by atoms with E-state index >= 15 is 0 Å². The monoisotopic (exact) mass is 209 g/mol. The Morgan fingerprint density at radius 1 is 1.40 bits per heavy atom. The number of ether oxygens (including phenoxy) is 1. The van der Waals surface area contributed by atoms with Gasteiger partial charge in [-0.1, -0.05) is 19.1 Å². The van der Waals surface area contributed by atoms with Crippen LogP contribution in [0.1, 0.15) is 12.5 Å². The Labute approximate surface area is 91.3 Å². The van der Waals surface area contributed by atoms with Gasteiger partial charge in [-0.15, -0.1) is 0 Å². The number of nitrogens with zero attached hydrogens (tertiary/aromatic N) is 1. The van der Waals surface area contributed by atoms with Crippen LogP contribution in [0, 0.1) is 0 Å². The van der Waals surface area contributed by atoms with E-state index in [4.69, 9.17) is 9.84 Å². The lowest BCUT2D eigenvalue weighted by Crippen LogP contribution is -2.26. The van der Waals surface area contributed by atoms with Crippen LogP contribution in [0.5, 0.6) is 5.75 Å². The summed E-state index contributed by atoms with van der Waals surface area (Å²) in [6.45, 7) is 4.81. The summed E-state index contributed by atoms with van der Waals surface area (Å²) in [6.07, 6.45) is 0. The molecule has 15 heavy (non-hydrogen) atoms. The first-order valence-corrected chi connectivity index (χ1v) is 5.26. The highest BCUT2D eigenvalue weighted by molar-refractivity contribution is 5.28. The summed E-state index contributed by atoms with van der Waals surface area (Å²) in [5, 5.41) is 8.88. The molecule has 0 bridgehead atoms. The van der Waals surface area contributed by atoms with E-state index in [0.29, 0.717) is 6.54 Å². The zero-order valence-electron chi connectivity index (χ0n) is 9.44. The van der Waals surface area contributed by atoms with Crippen LogP contribution < -0.4 is 4.74 Å². The first kappa shape index (κ1) is 12.0. The molecule has 0 unspecified atom stereocenters. The molecule has 1 rings (SSSR count). The fourth-order valence-electron chi connectivity index (χ4n) is 1.52. The van der Waals surface area contributed by atoms with Crippen LogP contribution >= 0.6 is 0 Å². The summed E-state index contributed by atoms with van der Waals surface area (Å²) in [7, 11) is 1.67. The molecule has 0 heterocycles. The van der Waals surface area contributed by atoms with Crippen molar-refractivity contribution in [1.82, 2.24) is 4.90 Å². The van der Waals surface area contributed by atoms with E-state index in [1.807, 2.05) is 18.2 Å². The Bertz CT molecular complexity index is 289. The third kappa shape index (κ3) is 3.90. The quantitative estimate of drug-likeness (QED) is 0.771. The molecule has 1 aromatic rings. The number of hydrogen-bond donors (Lipinski definition) is 1. The van der Waals surface area contributed by atoms with Gasteiger partial charge in [0.25, 0.3) is 0 Å². The fraction of sp³-hybridized carbons (Fsp3) is 0.500. The van der Waals surface area contributed by atoms with E-state index in [1.54, 1.807) is 7.11 Å². The average Bonchev–Trinajstić information content (AvgIpc) is 2.29. The second-order valence-electron chi connectivity index (χ2n) is 3.44. The van der Waals surface area contributed by atoms with Crippen molar-refractivity contribution in [2.75, 3.05) is 26.8 Å². The Morgan fingerprint density at radius 3 is 2.80 bits per heavy atom. The predicted molar refractivity (Wildman–Crippen MR) is 61.0 cm³/mol. The number of aliphatic hydroxyl groups is 1. The van der Waals surface area contributed by atoms with Gasteiger partial charge in [0, 0.05) is 13.1 Å². The summed E-state index contributed by atoms with van der Waals surface area (Å²) < 4.78 is 5.16. The van der Waals surface area contributed by atoms with Crippen LogP contribution in [0.25, 0.3) is 0 Å². The molecule has 0 atom stereocenters. The molecule has 0 aliphatic carbocycles. The van der Waals surface area contributed by atoms with Crippen molar-refractivity contribution < 1.29 is 9.84 Å². The number of benzene rings is 1. The molecule has 0 saturated heterocycles. The maximum Gasteiger partial charge on any atom is 0.119 e. The van der Waals surface area contributed by atoms with E-state index in [1.165, 1.54) is 5.56 Å². The minimum atomic E-state index is 0.206. The summed E-state index contributed by atoms with van der Waals surface area (Å²) in [5.41, 5.74) is 1.21. The molecule has 0 amide bonds. The van der Waals surface area contributed by atoms with Gasteiger partial charge in [-0.25, -0.2) is 0 Å². The lowest BCUT2D eigenvalue weighted by molar-refractivity contribution is 0.196. The van der Waals surface area contributed by atoms with Gasteiger partial charge in [0.05, 0.1) is 13.7 Å². The summed E-state index contributed by atoms with van der Waals surface area (Å²) in [6, 6.07) is 8.02. The molecule has 0 saturated carbocycles. The highest BCUT2D eigenvalue weighted by Crippen LogP contribution is 2.13. The predicted octanol–water partition coefficient (Wildman–Crippen LogP) is 1.51. The van der Waals surface area contributed by atoms with E-state index in [0.717, 1.165) is 18.8 Å². The number of likely N-dealkylation sites (N-methyl/N-ethyl adjacent to an activating group) is 1. The van der Waals surface area contributed by atoms with Gasteiger partial charge in [-0.2, -0.15) is 0 Å². The summed E-state index contributed by atoms with van der Waals surface area (Å²) in [4.78, 5) is 2.19. The molecule has 0 aliphatic heterocycles. The van der Waals surface area contributed by atoms with Crippen LogP contribution in [-0.2, 0) is 6.54 Å². The van der Waals surface area contributed by atoms with Crippen molar-refractivity contribution in [3.05, 3.63) is 29.8 Å². The van der Waals surface area contributed by atoms with Crippen LogP contribution in [0.15, 0.2) is 24.3 Å². The normalized spacial score (nSPS) is 10.7. The minimum absolute atomic E-state index is 0.206. The van der Waals surface area contributed by atoms with Crippen molar-refractivity contribution >= 4 is 0 Å². The highest BCUT2D eigenvalue weighted by atomic mass is 16.5.